The van der Waals surface area contributed by atoms with E-state index in [1.54, 1.807) is 12.1 Å². The average molecular weight is 309 g/mol. The molecule has 1 N–H and O–H groups in total. The van der Waals surface area contributed by atoms with Crippen LogP contribution in [0.5, 0.6) is 5.75 Å². The van der Waals surface area contributed by atoms with Crippen molar-refractivity contribution in [3.63, 3.8) is 0 Å². The van der Waals surface area contributed by atoms with Crippen molar-refractivity contribution in [1.29, 1.82) is 0 Å². The number of benzene rings is 2. The van der Waals surface area contributed by atoms with E-state index in [1.807, 2.05) is 0 Å². The summed E-state index contributed by atoms with van der Waals surface area (Å²) in [5.41, 5.74) is 1.04. The number of nitrogens with zero attached hydrogens (tertiary/aromatic N) is 2. The van der Waals surface area contributed by atoms with Crippen LogP contribution in [0.1, 0.15) is 0 Å². The SMILES string of the molecule is Oc1ccc2nc(-c3ccc(Cl)c(F)c3)nc(Cl)c2c1. The minimum atomic E-state index is -0.547. The number of hydrogen-bond acceptors (Lipinski definition) is 3. The van der Waals surface area contributed by atoms with Crippen molar-refractivity contribution >= 4 is 34.1 Å². The zero-order valence-electron chi connectivity index (χ0n) is 9.94. The highest BCUT2D eigenvalue weighted by molar-refractivity contribution is 6.34. The maximum atomic E-state index is 13.5. The minimum Gasteiger partial charge on any atom is -0.508 e. The Kier molecular flexibility index (Phi) is 3.20. The summed E-state index contributed by atoms with van der Waals surface area (Å²) in [5.74, 6) is -0.174. The number of phenols is 1. The molecule has 0 aliphatic heterocycles. The Morgan fingerprint density at radius 2 is 1.80 bits per heavy atom. The second kappa shape index (κ2) is 4.89. The summed E-state index contributed by atoms with van der Waals surface area (Å²) < 4.78 is 13.5. The van der Waals surface area contributed by atoms with Gasteiger partial charge in [-0.15, -0.1) is 0 Å². The van der Waals surface area contributed by atoms with Crippen LogP contribution in [-0.2, 0) is 0 Å². The molecule has 3 rings (SSSR count). The Morgan fingerprint density at radius 1 is 1.00 bits per heavy atom. The van der Waals surface area contributed by atoms with E-state index in [2.05, 4.69) is 9.97 Å². The topological polar surface area (TPSA) is 46.0 Å². The smallest absolute Gasteiger partial charge is 0.161 e. The van der Waals surface area contributed by atoms with Crippen LogP contribution in [0.3, 0.4) is 0 Å². The van der Waals surface area contributed by atoms with E-state index in [0.29, 0.717) is 22.3 Å². The predicted octanol–water partition coefficient (Wildman–Crippen LogP) is 4.45. The van der Waals surface area contributed by atoms with E-state index >= 15 is 0 Å². The van der Waals surface area contributed by atoms with Gasteiger partial charge in [0, 0.05) is 10.9 Å². The number of hydrogen-bond donors (Lipinski definition) is 1. The highest BCUT2D eigenvalue weighted by Crippen LogP contribution is 2.28. The van der Waals surface area contributed by atoms with Gasteiger partial charge in [-0.25, -0.2) is 14.4 Å². The van der Waals surface area contributed by atoms with Crippen molar-refractivity contribution in [2.45, 2.75) is 0 Å². The molecule has 0 aliphatic rings. The third kappa shape index (κ3) is 2.28. The highest BCUT2D eigenvalue weighted by atomic mass is 35.5. The summed E-state index contributed by atoms with van der Waals surface area (Å²) >= 11 is 11.7. The van der Waals surface area contributed by atoms with Crippen LogP contribution in [0.4, 0.5) is 4.39 Å². The van der Waals surface area contributed by atoms with Gasteiger partial charge in [-0.3, -0.25) is 0 Å². The second-order valence-corrected chi connectivity index (χ2v) is 4.93. The Labute approximate surface area is 123 Å². The van der Waals surface area contributed by atoms with Gasteiger partial charge in [-0.2, -0.15) is 0 Å². The quantitative estimate of drug-likeness (QED) is 0.676. The van der Waals surface area contributed by atoms with Gasteiger partial charge in [0.1, 0.15) is 16.7 Å². The molecule has 0 unspecified atom stereocenters. The fraction of sp³-hybridized carbons (Fsp3) is 0. The number of fused-ring (bicyclic) bond motifs is 1. The molecule has 2 aromatic carbocycles. The molecule has 0 spiro atoms. The summed E-state index contributed by atoms with van der Waals surface area (Å²) in [6.07, 6.45) is 0. The first-order chi connectivity index (χ1) is 9.54. The first-order valence-corrected chi connectivity index (χ1v) is 6.42. The highest BCUT2D eigenvalue weighted by Gasteiger charge is 2.10. The molecule has 100 valence electrons. The van der Waals surface area contributed by atoms with E-state index in [0.717, 1.165) is 0 Å². The number of aromatic nitrogens is 2. The Hall–Kier alpha value is -1.91. The van der Waals surface area contributed by atoms with Crippen LogP contribution in [0.15, 0.2) is 36.4 Å². The number of aromatic hydroxyl groups is 1. The third-order valence-electron chi connectivity index (χ3n) is 2.81. The molecular formula is C14H7Cl2FN2O. The van der Waals surface area contributed by atoms with Gasteiger partial charge in [0.2, 0.25) is 0 Å². The zero-order valence-corrected chi connectivity index (χ0v) is 11.5. The van der Waals surface area contributed by atoms with E-state index in [-0.39, 0.29) is 15.9 Å². The first-order valence-electron chi connectivity index (χ1n) is 5.66. The summed E-state index contributed by atoms with van der Waals surface area (Å²) in [6.45, 7) is 0. The third-order valence-corrected chi connectivity index (χ3v) is 3.41. The Morgan fingerprint density at radius 3 is 2.55 bits per heavy atom. The molecular weight excluding hydrogens is 302 g/mol. The Balaban J connectivity index is 2.21. The lowest BCUT2D eigenvalue weighted by Crippen LogP contribution is -1.92. The normalized spacial score (nSPS) is 10.9. The van der Waals surface area contributed by atoms with Crippen LogP contribution in [-0.4, -0.2) is 15.1 Å². The van der Waals surface area contributed by atoms with Crippen molar-refractivity contribution in [3.8, 4) is 17.1 Å². The van der Waals surface area contributed by atoms with E-state index < -0.39 is 5.82 Å². The molecule has 20 heavy (non-hydrogen) atoms. The molecule has 0 saturated heterocycles. The average Bonchev–Trinajstić information content (AvgIpc) is 2.42. The molecule has 0 bridgehead atoms. The molecule has 0 aliphatic carbocycles. The largest absolute Gasteiger partial charge is 0.508 e. The molecule has 0 atom stereocenters. The first kappa shape index (κ1) is 13.1. The molecule has 6 heteroatoms. The van der Waals surface area contributed by atoms with E-state index in [9.17, 15) is 9.50 Å². The molecule has 0 radical (unpaired) electrons. The summed E-state index contributed by atoms with van der Waals surface area (Å²) in [5, 5.41) is 10.2. The van der Waals surface area contributed by atoms with E-state index in [1.165, 1.54) is 24.3 Å². The standard InChI is InChI=1S/C14H7Cl2FN2O/c15-10-3-1-7(5-11(10)17)14-18-12-4-2-8(20)6-9(12)13(16)19-14/h1-6,20H. The summed E-state index contributed by atoms with van der Waals surface area (Å²) in [4.78, 5) is 8.42. The lowest BCUT2D eigenvalue weighted by atomic mass is 10.2. The maximum Gasteiger partial charge on any atom is 0.161 e. The molecule has 1 aromatic heterocycles. The van der Waals surface area contributed by atoms with Crippen LogP contribution >= 0.6 is 23.2 Å². The lowest BCUT2D eigenvalue weighted by Gasteiger charge is -2.05. The molecule has 1 heterocycles. The van der Waals surface area contributed by atoms with Crippen LogP contribution < -0.4 is 0 Å². The van der Waals surface area contributed by atoms with Crippen molar-refractivity contribution in [1.82, 2.24) is 9.97 Å². The van der Waals surface area contributed by atoms with Crippen molar-refractivity contribution in [3.05, 3.63) is 52.4 Å². The van der Waals surface area contributed by atoms with Gasteiger partial charge in [0.05, 0.1) is 10.5 Å². The number of phenolic OH excluding ortho intramolecular Hbond substituents is 1. The van der Waals surface area contributed by atoms with Gasteiger partial charge in [0.25, 0.3) is 0 Å². The second-order valence-electron chi connectivity index (χ2n) is 4.17. The maximum absolute atomic E-state index is 13.5. The Bertz CT molecular complexity index is 824. The zero-order chi connectivity index (χ0) is 14.3. The molecule has 3 aromatic rings. The van der Waals surface area contributed by atoms with E-state index in [4.69, 9.17) is 23.2 Å². The number of halogens is 3. The van der Waals surface area contributed by atoms with Gasteiger partial charge in [0.15, 0.2) is 5.82 Å². The summed E-state index contributed by atoms with van der Waals surface area (Å²) in [7, 11) is 0. The van der Waals surface area contributed by atoms with Gasteiger partial charge in [-0.1, -0.05) is 23.2 Å². The fourth-order valence-electron chi connectivity index (χ4n) is 1.84. The lowest BCUT2D eigenvalue weighted by molar-refractivity contribution is 0.476. The van der Waals surface area contributed by atoms with Crippen molar-refractivity contribution in [2.75, 3.05) is 0 Å². The fourth-order valence-corrected chi connectivity index (χ4v) is 2.19. The monoisotopic (exact) mass is 308 g/mol. The van der Waals surface area contributed by atoms with Crippen LogP contribution in [0.2, 0.25) is 10.2 Å². The molecule has 0 fully saturated rings. The van der Waals surface area contributed by atoms with Crippen LogP contribution in [0, 0.1) is 5.82 Å². The molecule has 3 nitrogen and oxygen atoms in total. The van der Waals surface area contributed by atoms with Crippen molar-refractivity contribution in [2.24, 2.45) is 0 Å². The van der Waals surface area contributed by atoms with Crippen molar-refractivity contribution < 1.29 is 9.50 Å². The van der Waals surface area contributed by atoms with Gasteiger partial charge in [-0.05, 0) is 36.4 Å². The minimum absolute atomic E-state index is 0.0329. The summed E-state index contributed by atoms with van der Waals surface area (Å²) in [6, 6.07) is 8.89. The van der Waals surface area contributed by atoms with Gasteiger partial charge < -0.3 is 5.11 Å². The van der Waals surface area contributed by atoms with Gasteiger partial charge >= 0.3 is 0 Å². The molecule has 0 saturated carbocycles. The number of rotatable bonds is 1. The predicted molar refractivity (Wildman–Crippen MR) is 76.6 cm³/mol. The van der Waals surface area contributed by atoms with Crippen LogP contribution in [0.25, 0.3) is 22.3 Å². The molecule has 0 amide bonds.